The molecule has 0 saturated heterocycles. The second kappa shape index (κ2) is 5.14. The average molecular weight is 233 g/mol. The van der Waals surface area contributed by atoms with Gasteiger partial charge < -0.3 is 4.74 Å². The Balaban J connectivity index is 2.97. The van der Waals surface area contributed by atoms with Gasteiger partial charge >= 0.3 is 0 Å². The molecule has 84 valence electrons. The Bertz CT molecular complexity index is 392. The Morgan fingerprint density at radius 3 is 2.80 bits per heavy atom. The largest absolute Gasteiger partial charge is 0.378 e. The number of rotatable bonds is 4. The molecule has 0 bridgehead atoms. The molecule has 1 aromatic rings. The molecule has 0 N–H and O–H groups in total. The lowest BCUT2D eigenvalue weighted by Crippen LogP contribution is -2.32. The highest BCUT2D eigenvalue weighted by Crippen LogP contribution is 1.98. The molecule has 0 unspecified atom stereocenters. The van der Waals surface area contributed by atoms with Crippen LogP contribution in [-0.4, -0.2) is 34.4 Å². The molecule has 6 heteroatoms. The summed E-state index contributed by atoms with van der Waals surface area (Å²) in [5.41, 5.74) is -0.239. The van der Waals surface area contributed by atoms with Gasteiger partial charge in [-0.1, -0.05) is 0 Å². The van der Waals surface area contributed by atoms with Crippen LogP contribution in [0.3, 0.4) is 0 Å². The van der Waals surface area contributed by atoms with Gasteiger partial charge in [0.15, 0.2) is 0 Å². The first-order valence-electron chi connectivity index (χ1n) is 4.48. The Kier molecular flexibility index (Phi) is 4.11. The zero-order chi connectivity index (χ0) is 11.4. The number of methoxy groups -OCH3 is 1. The van der Waals surface area contributed by atoms with Crippen molar-refractivity contribution in [2.24, 2.45) is 0 Å². The van der Waals surface area contributed by atoms with Gasteiger partial charge in [-0.25, -0.2) is 9.36 Å². The van der Waals surface area contributed by atoms with Crippen LogP contribution in [0.15, 0.2) is 17.1 Å². The van der Waals surface area contributed by atoms with E-state index in [9.17, 15) is 9.59 Å². The van der Waals surface area contributed by atoms with Gasteiger partial charge in [-0.3, -0.25) is 9.59 Å². The minimum Gasteiger partial charge on any atom is -0.378 e. The molecule has 0 fully saturated rings. The molecule has 0 saturated carbocycles. The fourth-order valence-corrected chi connectivity index (χ4v) is 1.46. The first-order chi connectivity index (χ1) is 7.10. The number of halogens is 1. The van der Waals surface area contributed by atoms with Crippen LogP contribution in [-0.2, 0) is 11.3 Å². The van der Waals surface area contributed by atoms with E-state index in [4.69, 9.17) is 16.3 Å². The van der Waals surface area contributed by atoms with Crippen molar-refractivity contribution in [2.45, 2.75) is 19.6 Å². The Labute approximate surface area is 92.2 Å². The number of hydrogen-bond donors (Lipinski definition) is 0. The Morgan fingerprint density at radius 1 is 1.67 bits per heavy atom. The minimum absolute atomic E-state index is 0.221. The van der Waals surface area contributed by atoms with Crippen LogP contribution < -0.4 is 5.56 Å². The number of ether oxygens (including phenoxy) is 1. The van der Waals surface area contributed by atoms with Crippen molar-refractivity contribution in [1.82, 2.24) is 9.36 Å². The maximum Gasteiger partial charge on any atom is 0.267 e. The normalized spacial score (nSPS) is 12.7. The highest BCUT2D eigenvalue weighted by atomic mass is 35.5. The van der Waals surface area contributed by atoms with Crippen molar-refractivity contribution >= 4 is 17.5 Å². The van der Waals surface area contributed by atoms with E-state index >= 15 is 0 Å². The van der Waals surface area contributed by atoms with Crippen molar-refractivity contribution in [3.8, 4) is 0 Å². The lowest BCUT2D eigenvalue weighted by atomic mass is 10.4. The summed E-state index contributed by atoms with van der Waals surface area (Å²) in [4.78, 5) is 22.6. The maximum atomic E-state index is 11.4. The van der Waals surface area contributed by atoms with Crippen LogP contribution in [0.1, 0.15) is 11.7 Å². The number of carbonyl (C=O) groups excluding carboxylic acids is 1. The highest BCUT2D eigenvalue weighted by Gasteiger charge is 2.12. The van der Waals surface area contributed by atoms with Crippen molar-refractivity contribution in [2.75, 3.05) is 13.0 Å². The molecule has 1 heterocycles. The van der Waals surface area contributed by atoms with Crippen LogP contribution in [0.4, 0.5) is 0 Å². The molecule has 0 radical (unpaired) electrons. The van der Waals surface area contributed by atoms with E-state index in [-0.39, 0.29) is 30.0 Å². The summed E-state index contributed by atoms with van der Waals surface area (Å²) in [5, 5.41) is 0. The first kappa shape index (κ1) is 12.0. The monoisotopic (exact) mass is 232 g/mol. The lowest BCUT2D eigenvalue weighted by Gasteiger charge is -2.14. The Hall–Kier alpha value is -1.07. The first-order valence-corrected chi connectivity index (χ1v) is 5.01. The third kappa shape index (κ3) is 2.70. The van der Waals surface area contributed by atoms with Crippen LogP contribution in [0.25, 0.3) is 0 Å². The van der Waals surface area contributed by atoms with Gasteiger partial charge in [0.2, 0.25) is 5.91 Å². The van der Waals surface area contributed by atoms with E-state index in [1.54, 1.807) is 0 Å². The summed E-state index contributed by atoms with van der Waals surface area (Å²) in [6.07, 6.45) is 1.16. The number of alkyl halides is 1. The molecule has 0 amide bonds. The number of nitrogens with zero attached hydrogens (tertiary/aromatic N) is 2. The van der Waals surface area contributed by atoms with E-state index in [2.05, 4.69) is 0 Å². The molecule has 0 aliphatic heterocycles. The summed E-state index contributed by atoms with van der Waals surface area (Å²) < 4.78 is 7.60. The molecule has 0 aliphatic rings. The van der Waals surface area contributed by atoms with Crippen molar-refractivity contribution in [1.29, 1.82) is 0 Å². The van der Waals surface area contributed by atoms with E-state index < -0.39 is 0 Å². The molecule has 1 atom stereocenters. The second-order valence-electron chi connectivity index (χ2n) is 3.11. The van der Waals surface area contributed by atoms with Crippen LogP contribution >= 0.6 is 11.6 Å². The van der Waals surface area contributed by atoms with Gasteiger partial charge in [-0.05, 0) is 0 Å². The molecule has 1 rings (SSSR count). The maximum absolute atomic E-state index is 11.4. The van der Waals surface area contributed by atoms with Crippen molar-refractivity contribution < 1.29 is 9.53 Å². The number of hydrogen-bond acceptors (Lipinski definition) is 3. The van der Waals surface area contributed by atoms with Crippen molar-refractivity contribution in [3.05, 3.63) is 22.6 Å². The molecular formula is C9H13ClN2O3. The fraction of sp³-hybridized carbons (Fsp3) is 0.556. The zero-order valence-electron chi connectivity index (χ0n) is 8.64. The van der Waals surface area contributed by atoms with Gasteiger partial charge in [-0.15, -0.1) is 11.6 Å². The quantitative estimate of drug-likeness (QED) is 0.713. The summed E-state index contributed by atoms with van der Waals surface area (Å²) in [5.74, 6) is 0.0491. The summed E-state index contributed by atoms with van der Waals surface area (Å²) in [7, 11) is 1.51. The van der Waals surface area contributed by atoms with E-state index in [1.165, 1.54) is 35.7 Å². The smallest absolute Gasteiger partial charge is 0.267 e. The molecule has 15 heavy (non-hydrogen) atoms. The average Bonchev–Trinajstić information content (AvgIpc) is 2.56. The SMILES string of the molecule is CO[C@@H](CCl)Cn1c(=O)ccn1C(C)=O. The summed E-state index contributed by atoms with van der Waals surface area (Å²) >= 11 is 5.63. The third-order valence-electron chi connectivity index (χ3n) is 2.08. The molecular weight excluding hydrogens is 220 g/mol. The molecule has 5 nitrogen and oxygen atoms in total. The second-order valence-corrected chi connectivity index (χ2v) is 3.42. The van der Waals surface area contributed by atoms with Gasteiger partial charge in [-0.2, -0.15) is 0 Å². The molecule has 1 aromatic heterocycles. The predicted octanol–water partition coefficient (Wildman–Crippen LogP) is 0.564. The van der Waals surface area contributed by atoms with Crippen LogP contribution in [0, 0.1) is 0 Å². The minimum atomic E-state index is -0.280. The van der Waals surface area contributed by atoms with E-state index in [0.717, 1.165) is 0 Å². The summed E-state index contributed by atoms with van der Waals surface area (Å²) in [6, 6.07) is 1.34. The van der Waals surface area contributed by atoms with E-state index in [0.29, 0.717) is 0 Å². The van der Waals surface area contributed by atoms with Crippen molar-refractivity contribution in [3.63, 3.8) is 0 Å². The van der Waals surface area contributed by atoms with Gasteiger partial charge in [0.25, 0.3) is 5.56 Å². The molecule has 0 aliphatic carbocycles. The number of carbonyl (C=O) groups is 1. The Morgan fingerprint density at radius 2 is 2.33 bits per heavy atom. The standard InChI is InChI=1S/C9H13ClN2O3/c1-7(13)11-4-3-9(14)12(11)6-8(5-10)15-2/h3-4,8H,5-6H2,1-2H3/t8-/m0/s1. The van der Waals surface area contributed by atoms with Gasteiger partial charge in [0, 0.05) is 26.3 Å². The van der Waals surface area contributed by atoms with Crippen LogP contribution in [0.5, 0.6) is 0 Å². The predicted molar refractivity (Wildman–Crippen MR) is 56.5 cm³/mol. The highest BCUT2D eigenvalue weighted by molar-refractivity contribution is 6.18. The summed E-state index contributed by atoms with van der Waals surface area (Å²) in [6.45, 7) is 1.66. The third-order valence-corrected chi connectivity index (χ3v) is 2.42. The van der Waals surface area contributed by atoms with Crippen LogP contribution in [0.2, 0.25) is 0 Å². The topological polar surface area (TPSA) is 53.2 Å². The van der Waals surface area contributed by atoms with Gasteiger partial charge in [0.1, 0.15) is 0 Å². The lowest BCUT2D eigenvalue weighted by molar-refractivity contribution is 0.0820. The fourth-order valence-electron chi connectivity index (χ4n) is 1.24. The van der Waals surface area contributed by atoms with Gasteiger partial charge in [0.05, 0.1) is 18.5 Å². The molecule has 0 spiro atoms. The number of aromatic nitrogens is 2. The van der Waals surface area contributed by atoms with E-state index in [1.807, 2.05) is 0 Å². The zero-order valence-corrected chi connectivity index (χ0v) is 9.40. The molecule has 0 aromatic carbocycles.